The van der Waals surface area contributed by atoms with Crippen LogP contribution < -0.4 is 10.6 Å². The number of halogens is 1. The Morgan fingerprint density at radius 2 is 2.00 bits per heavy atom. The van der Waals surface area contributed by atoms with E-state index in [-0.39, 0.29) is 17.4 Å². The molecule has 22 heavy (non-hydrogen) atoms. The number of hydrogen-bond donors (Lipinski definition) is 2. The van der Waals surface area contributed by atoms with E-state index in [0.717, 1.165) is 10.6 Å². The Morgan fingerprint density at radius 3 is 2.64 bits per heavy atom. The fraction of sp³-hybridized carbons (Fsp3) is 0.375. The Morgan fingerprint density at radius 1 is 1.32 bits per heavy atom. The van der Waals surface area contributed by atoms with Crippen molar-refractivity contribution in [3.05, 3.63) is 40.7 Å². The number of thiazole rings is 1. The molecule has 0 radical (unpaired) electrons. The molecule has 0 atom stereocenters. The highest BCUT2D eigenvalue weighted by Gasteiger charge is 2.15. The summed E-state index contributed by atoms with van der Waals surface area (Å²) < 4.78 is 13.8. The van der Waals surface area contributed by atoms with Gasteiger partial charge in [0.05, 0.1) is 12.2 Å². The topological polar surface area (TPSA) is 54.0 Å². The normalized spacial score (nSPS) is 11.3. The van der Waals surface area contributed by atoms with Crippen LogP contribution in [-0.4, -0.2) is 16.6 Å². The molecule has 1 heterocycles. The van der Waals surface area contributed by atoms with Gasteiger partial charge in [-0.05, 0) is 39.8 Å². The molecule has 0 aliphatic carbocycles. The molecule has 0 aliphatic heterocycles. The van der Waals surface area contributed by atoms with Gasteiger partial charge < -0.3 is 10.6 Å². The van der Waals surface area contributed by atoms with Crippen molar-refractivity contribution in [2.24, 2.45) is 0 Å². The lowest BCUT2D eigenvalue weighted by Gasteiger charge is -2.20. The van der Waals surface area contributed by atoms with Gasteiger partial charge >= 0.3 is 6.03 Å². The van der Waals surface area contributed by atoms with Crippen LogP contribution in [0.1, 0.15) is 31.3 Å². The molecule has 0 saturated carbocycles. The van der Waals surface area contributed by atoms with Gasteiger partial charge in [-0.3, -0.25) is 0 Å². The molecule has 1 aromatic heterocycles. The van der Waals surface area contributed by atoms with Gasteiger partial charge in [-0.2, -0.15) is 0 Å². The first-order valence-corrected chi connectivity index (χ1v) is 7.85. The van der Waals surface area contributed by atoms with E-state index in [1.807, 2.05) is 27.7 Å². The summed E-state index contributed by atoms with van der Waals surface area (Å²) in [7, 11) is 0. The second kappa shape index (κ2) is 6.44. The molecule has 0 spiro atoms. The third-order valence-electron chi connectivity index (χ3n) is 2.89. The van der Waals surface area contributed by atoms with Crippen LogP contribution in [0.4, 0.5) is 9.18 Å². The van der Waals surface area contributed by atoms with Crippen molar-refractivity contribution >= 4 is 17.4 Å². The lowest BCUT2D eigenvalue weighted by atomic mass is 10.1. The zero-order chi connectivity index (χ0) is 16.3. The maximum absolute atomic E-state index is 13.8. The molecule has 0 aliphatic rings. The van der Waals surface area contributed by atoms with E-state index in [1.54, 1.807) is 18.2 Å². The SMILES string of the molecule is Cc1nc(-c2ccccc2F)sc1CNC(=O)NC(C)(C)C. The zero-order valence-electron chi connectivity index (χ0n) is 13.2. The van der Waals surface area contributed by atoms with Gasteiger partial charge in [-0.1, -0.05) is 12.1 Å². The fourth-order valence-electron chi connectivity index (χ4n) is 1.89. The molecule has 0 unspecified atom stereocenters. The monoisotopic (exact) mass is 321 g/mol. The smallest absolute Gasteiger partial charge is 0.315 e. The molecule has 2 N–H and O–H groups in total. The van der Waals surface area contributed by atoms with Crippen molar-refractivity contribution in [2.45, 2.75) is 39.8 Å². The first kappa shape index (κ1) is 16.4. The van der Waals surface area contributed by atoms with Crippen LogP contribution in [0.3, 0.4) is 0 Å². The van der Waals surface area contributed by atoms with E-state index in [2.05, 4.69) is 15.6 Å². The number of hydrogen-bond acceptors (Lipinski definition) is 3. The predicted octanol–water partition coefficient (Wildman–Crippen LogP) is 3.86. The number of carbonyl (C=O) groups excluding carboxylic acids is 1. The molecule has 1 aromatic carbocycles. The molecular formula is C16H20FN3OS. The summed E-state index contributed by atoms with van der Waals surface area (Å²) in [6, 6.07) is 6.33. The highest BCUT2D eigenvalue weighted by Crippen LogP contribution is 2.29. The minimum absolute atomic E-state index is 0.229. The molecule has 2 amide bonds. The number of aromatic nitrogens is 1. The highest BCUT2D eigenvalue weighted by atomic mass is 32.1. The van der Waals surface area contributed by atoms with E-state index in [0.29, 0.717) is 17.1 Å². The van der Waals surface area contributed by atoms with E-state index < -0.39 is 0 Å². The van der Waals surface area contributed by atoms with Gasteiger partial charge in [-0.15, -0.1) is 11.3 Å². The van der Waals surface area contributed by atoms with Crippen LogP contribution in [0.25, 0.3) is 10.6 Å². The van der Waals surface area contributed by atoms with Crippen molar-refractivity contribution in [1.82, 2.24) is 15.6 Å². The highest BCUT2D eigenvalue weighted by molar-refractivity contribution is 7.15. The van der Waals surface area contributed by atoms with Crippen molar-refractivity contribution in [3.8, 4) is 10.6 Å². The first-order chi connectivity index (χ1) is 10.3. The molecule has 2 aromatic rings. The summed E-state index contributed by atoms with van der Waals surface area (Å²) in [5, 5.41) is 6.26. The van der Waals surface area contributed by atoms with Crippen molar-refractivity contribution in [2.75, 3.05) is 0 Å². The predicted molar refractivity (Wildman–Crippen MR) is 87.4 cm³/mol. The van der Waals surface area contributed by atoms with E-state index in [4.69, 9.17) is 0 Å². The second-order valence-electron chi connectivity index (χ2n) is 6.07. The molecule has 0 bridgehead atoms. The Labute approximate surface area is 133 Å². The Hall–Kier alpha value is -1.95. The Kier molecular flexibility index (Phi) is 4.81. The summed E-state index contributed by atoms with van der Waals surface area (Å²) >= 11 is 1.39. The van der Waals surface area contributed by atoms with E-state index in [1.165, 1.54) is 17.4 Å². The average Bonchev–Trinajstić information content (AvgIpc) is 2.76. The molecular weight excluding hydrogens is 301 g/mol. The second-order valence-corrected chi connectivity index (χ2v) is 7.15. The standard InChI is InChI=1S/C16H20FN3OS/c1-10-13(9-18-15(21)20-16(2,3)4)22-14(19-10)11-7-5-6-8-12(11)17/h5-8H,9H2,1-4H3,(H2,18,20,21). The summed E-state index contributed by atoms with van der Waals surface area (Å²) in [6.45, 7) is 7.99. The number of benzene rings is 1. The van der Waals surface area contributed by atoms with Crippen LogP contribution in [0.5, 0.6) is 0 Å². The molecule has 0 saturated heterocycles. The number of carbonyl (C=O) groups is 1. The lowest BCUT2D eigenvalue weighted by Crippen LogP contribution is -2.46. The number of amides is 2. The van der Waals surface area contributed by atoms with Crippen molar-refractivity contribution in [3.63, 3.8) is 0 Å². The summed E-state index contributed by atoms with van der Waals surface area (Å²) in [6.07, 6.45) is 0. The van der Waals surface area contributed by atoms with Gasteiger partial charge in [0.1, 0.15) is 10.8 Å². The minimum Gasteiger partial charge on any atom is -0.334 e. The minimum atomic E-state index is -0.291. The number of rotatable bonds is 3. The van der Waals surface area contributed by atoms with Crippen LogP contribution in [0, 0.1) is 12.7 Å². The number of nitrogens with zero attached hydrogens (tertiary/aromatic N) is 1. The average molecular weight is 321 g/mol. The van der Waals surface area contributed by atoms with Crippen molar-refractivity contribution in [1.29, 1.82) is 0 Å². The number of nitrogens with one attached hydrogen (secondary N) is 2. The van der Waals surface area contributed by atoms with Gasteiger partial charge in [0.15, 0.2) is 0 Å². The fourth-order valence-corrected chi connectivity index (χ4v) is 2.92. The summed E-state index contributed by atoms with van der Waals surface area (Å²) in [5.41, 5.74) is 1.01. The van der Waals surface area contributed by atoms with Gasteiger partial charge in [0.25, 0.3) is 0 Å². The lowest BCUT2D eigenvalue weighted by molar-refractivity contribution is 0.231. The van der Waals surface area contributed by atoms with Gasteiger partial charge in [0.2, 0.25) is 0 Å². The molecule has 4 nitrogen and oxygen atoms in total. The largest absolute Gasteiger partial charge is 0.334 e. The third kappa shape index (κ3) is 4.27. The van der Waals surface area contributed by atoms with Crippen LogP contribution in [0.15, 0.2) is 24.3 Å². The van der Waals surface area contributed by atoms with E-state index >= 15 is 0 Å². The molecule has 2 rings (SSSR count). The summed E-state index contributed by atoms with van der Waals surface area (Å²) in [5.74, 6) is -0.291. The third-order valence-corrected chi connectivity index (χ3v) is 4.09. The first-order valence-electron chi connectivity index (χ1n) is 7.03. The zero-order valence-corrected chi connectivity index (χ0v) is 14.0. The summed E-state index contributed by atoms with van der Waals surface area (Å²) in [4.78, 5) is 17.1. The maximum Gasteiger partial charge on any atom is 0.315 e. The van der Waals surface area contributed by atoms with Gasteiger partial charge in [0, 0.05) is 16.0 Å². The number of urea groups is 1. The molecule has 118 valence electrons. The quantitative estimate of drug-likeness (QED) is 0.902. The van der Waals surface area contributed by atoms with Crippen LogP contribution >= 0.6 is 11.3 Å². The van der Waals surface area contributed by atoms with Crippen LogP contribution in [-0.2, 0) is 6.54 Å². The molecule has 6 heteroatoms. The Bertz CT molecular complexity index is 676. The van der Waals surface area contributed by atoms with Crippen molar-refractivity contribution < 1.29 is 9.18 Å². The van der Waals surface area contributed by atoms with Gasteiger partial charge in [-0.25, -0.2) is 14.2 Å². The number of aryl methyl sites for hydroxylation is 1. The maximum atomic E-state index is 13.8. The molecule has 0 fully saturated rings. The van der Waals surface area contributed by atoms with Crippen LogP contribution in [0.2, 0.25) is 0 Å². The van der Waals surface area contributed by atoms with E-state index in [9.17, 15) is 9.18 Å². The Balaban J connectivity index is 2.08.